The minimum absolute atomic E-state index is 0.502. The van der Waals surface area contributed by atoms with Gasteiger partial charge in [-0.15, -0.1) is 0 Å². The van der Waals surface area contributed by atoms with Gasteiger partial charge in [-0.05, 0) is 44.9 Å². The van der Waals surface area contributed by atoms with Gasteiger partial charge in [0.2, 0.25) is 0 Å². The molecule has 1 unspecified atom stereocenters. The zero-order valence-corrected chi connectivity index (χ0v) is 9.82. The van der Waals surface area contributed by atoms with Crippen molar-refractivity contribution >= 4 is 0 Å². The summed E-state index contributed by atoms with van der Waals surface area (Å²) in [6.07, 6.45) is 11.2. The zero-order chi connectivity index (χ0) is 10.8. The topological polar surface area (TPSA) is 27.1 Å². The van der Waals surface area contributed by atoms with Crippen LogP contribution in [0.25, 0.3) is 0 Å². The monoisotopic (exact) mass is 220 g/mol. The Balaban J connectivity index is 1.63. The average Bonchev–Trinajstić information content (AvgIpc) is 2.96. The summed E-state index contributed by atoms with van der Waals surface area (Å²) in [5.74, 6) is 0. The van der Waals surface area contributed by atoms with Gasteiger partial charge in [-0.2, -0.15) is 0 Å². The molecule has 3 heteroatoms. The molecule has 16 heavy (non-hydrogen) atoms. The van der Waals surface area contributed by atoms with Gasteiger partial charge >= 0.3 is 0 Å². The molecule has 88 valence electrons. The third kappa shape index (κ3) is 2.01. The van der Waals surface area contributed by atoms with Crippen molar-refractivity contribution in [2.75, 3.05) is 6.61 Å². The largest absolute Gasteiger partial charge is 0.378 e. The van der Waals surface area contributed by atoms with Crippen LogP contribution in [0.15, 0.2) is 6.33 Å². The van der Waals surface area contributed by atoms with Crippen LogP contribution in [-0.4, -0.2) is 22.3 Å². The van der Waals surface area contributed by atoms with Crippen LogP contribution in [0.5, 0.6) is 0 Å². The maximum atomic E-state index is 5.66. The first kappa shape index (κ1) is 10.3. The highest BCUT2D eigenvalue weighted by Gasteiger charge is 2.18. The summed E-state index contributed by atoms with van der Waals surface area (Å²) in [6.45, 7) is 2.06. The Hall–Kier alpha value is -0.830. The zero-order valence-electron chi connectivity index (χ0n) is 9.82. The van der Waals surface area contributed by atoms with Gasteiger partial charge in [-0.1, -0.05) is 0 Å². The summed E-state index contributed by atoms with van der Waals surface area (Å²) in [5.41, 5.74) is 2.84. The number of imidazole rings is 1. The lowest BCUT2D eigenvalue weighted by Gasteiger charge is -2.15. The number of rotatable bonds is 3. The molecule has 1 saturated heterocycles. The lowest BCUT2D eigenvalue weighted by Crippen LogP contribution is -2.13. The molecular formula is C13H20N2O. The predicted octanol–water partition coefficient (Wildman–Crippen LogP) is 2.33. The molecule has 1 atom stereocenters. The molecule has 2 aliphatic rings. The molecule has 3 rings (SSSR count). The molecule has 0 N–H and O–H groups in total. The van der Waals surface area contributed by atoms with E-state index in [0.29, 0.717) is 6.10 Å². The molecular weight excluding hydrogens is 200 g/mol. The molecule has 1 aromatic rings. The van der Waals surface area contributed by atoms with E-state index in [1.807, 2.05) is 6.33 Å². The smallest absolute Gasteiger partial charge is 0.0951 e. The predicted molar refractivity (Wildman–Crippen MR) is 62.5 cm³/mol. The van der Waals surface area contributed by atoms with Gasteiger partial charge in [-0.3, -0.25) is 0 Å². The van der Waals surface area contributed by atoms with E-state index in [2.05, 4.69) is 9.55 Å². The lowest BCUT2D eigenvalue weighted by molar-refractivity contribution is 0.100. The van der Waals surface area contributed by atoms with E-state index in [4.69, 9.17) is 4.74 Å². The Bertz CT molecular complexity index is 353. The number of aryl methyl sites for hydroxylation is 2. The SMILES string of the molecule is c1nc2c(n1CCC1CCCO1)CCCC2. The van der Waals surface area contributed by atoms with Gasteiger partial charge in [0.05, 0.1) is 18.1 Å². The molecule has 1 aliphatic carbocycles. The number of hydrogen-bond donors (Lipinski definition) is 0. The standard InChI is InChI=1S/C13H20N2O/c1-2-6-13-12(5-1)14-10-15(13)8-7-11-4-3-9-16-11/h10-11H,1-9H2. The fourth-order valence-electron chi connectivity index (χ4n) is 2.88. The minimum Gasteiger partial charge on any atom is -0.378 e. The fraction of sp³-hybridized carbons (Fsp3) is 0.769. The van der Waals surface area contributed by atoms with Crippen LogP contribution < -0.4 is 0 Å². The molecule has 1 aromatic heterocycles. The van der Waals surface area contributed by atoms with Crippen molar-refractivity contribution in [2.45, 2.75) is 57.6 Å². The maximum Gasteiger partial charge on any atom is 0.0951 e. The van der Waals surface area contributed by atoms with Crippen molar-refractivity contribution in [1.29, 1.82) is 0 Å². The van der Waals surface area contributed by atoms with E-state index in [9.17, 15) is 0 Å². The molecule has 0 radical (unpaired) electrons. The Morgan fingerprint density at radius 2 is 2.25 bits per heavy atom. The van der Waals surface area contributed by atoms with Crippen molar-refractivity contribution < 1.29 is 4.74 Å². The second-order valence-corrected chi connectivity index (χ2v) is 4.96. The second-order valence-electron chi connectivity index (χ2n) is 4.96. The van der Waals surface area contributed by atoms with Gasteiger partial charge in [0.25, 0.3) is 0 Å². The van der Waals surface area contributed by atoms with E-state index in [1.54, 1.807) is 0 Å². The first-order valence-electron chi connectivity index (χ1n) is 6.58. The van der Waals surface area contributed by atoms with Crippen LogP contribution in [0.2, 0.25) is 0 Å². The van der Waals surface area contributed by atoms with Crippen molar-refractivity contribution in [1.82, 2.24) is 9.55 Å². The molecule has 0 spiro atoms. The Morgan fingerprint density at radius 1 is 1.31 bits per heavy atom. The Labute approximate surface area is 96.8 Å². The van der Waals surface area contributed by atoms with Crippen LogP contribution in [0, 0.1) is 0 Å². The van der Waals surface area contributed by atoms with E-state index in [-0.39, 0.29) is 0 Å². The first-order valence-corrected chi connectivity index (χ1v) is 6.58. The van der Waals surface area contributed by atoms with Gasteiger partial charge in [0.1, 0.15) is 0 Å². The normalized spacial score (nSPS) is 24.6. The third-order valence-electron chi connectivity index (χ3n) is 3.83. The van der Waals surface area contributed by atoms with E-state index < -0.39 is 0 Å². The van der Waals surface area contributed by atoms with Crippen LogP contribution in [0.4, 0.5) is 0 Å². The Morgan fingerprint density at radius 3 is 3.12 bits per heavy atom. The van der Waals surface area contributed by atoms with E-state index in [1.165, 1.54) is 49.9 Å². The fourth-order valence-corrected chi connectivity index (χ4v) is 2.88. The molecule has 1 fully saturated rings. The van der Waals surface area contributed by atoms with Gasteiger partial charge in [0.15, 0.2) is 0 Å². The van der Waals surface area contributed by atoms with Crippen LogP contribution >= 0.6 is 0 Å². The average molecular weight is 220 g/mol. The summed E-state index contributed by atoms with van der Waals surface area (Å²) in [7, 11) is 0. The van der Waals surface area contributed by atoms with Gasteiger partial charge in [0, 0.05) is 18.8 Å². The molecule has 0 saturated carbocycles. The van der Waals surface area contributed by atoms with Crippen molar-refractivity contribution in [3.8, 4) is 0 Å². The maximum absolute atomic E-state index is 5.66. The molecule has 1 aliphatic heterocycles. The first-order chi connectivity index (χ1) is 7.93. The van der Waals surface area contributed by atoms with E-state index in [0.717, 1.165) is 19.6 Å². The van der Waals surface area contributed by atoms with E-state index >= 15 is 0 Å². The summed E-state index contributed by atoms with van der Waals surface area (Å²) in [4.78, 5) is 4.52. The summed E-state index contributed by atoms with van der Waals surface area (Å²) >= 11 is 0. The Kier molecular flexibility index (Phi) is 2.96. The molecule has 3 nitrogen and oxygen atoms in total. The van der Waals surface area contributed by atoms with Crippen molar-refractivity contribution in [3.63, 3.8) is 0 Å². The number of aromatic nitrogens is 2. The minimum atomic E-state index is 0.502. The lowest BCUT2D eigenvalue weighted by atomic mass is 10.0. The number of fused-ring (bicyclic) bond motifs is 1. The highest BCUT2D eigenvalue weighted by molar-refractivity contribution is 5.16. The van der Waals surface area contributed by atoms with Gasteiger partial charge < -0.3 is 9.30 Å². The summed E-state index contributed by atoms with van der Waals surface area (Å²) in [6, 6.07) is 0. The summed E-state index contributed by atoms with van der Waals surface area (Å²) < 4.78 is 8.02. The highest BCUT2D eigenvalue weighted by atomic mass is 16.5. The third-order valence-corrected chi connectivity index (χ3v) is 3.83. The quantitative estimate of drug-likeness (QED) is 0.781. The van der Waals surface area contributed by atoms with Crippen LogP contribution in [0.1, 0.15) is 43.5 Å². The van der Waals surface area contributed by atoms with Crippen LogP contribution in [0.3, 0.4) is 0 Å². The number of ether oxygens (including phenoxy) is 1. The number of nitrogens with zero attached hydrogens (tertiary/aromatic N) is 2. The molecule has 0 amide bonds. The second kappa shape index (κ2) is 4.58. The highest BCUT2D eigenvalue weighted by Crippen LogP contribution is 2.21. The van der Waals surface area contributed by atoms with Crippen LogP contribution in [-0.2, 0) is 24.1 Å². The van der Waals surface area contributed by atoms with Gasteiger partial charge in [-0.25, -0.2) is 4.98 Å². The summed E-state index contributed by atoms with van der Waals surface area (Å²) in [5, 5.41) is 0. The molecule has 0 aromatic carbocycles. The molecule has 0 bridgehead atoms. The molecule has 2 heterocycles. The van der Waals surface area contributed by atoms with Crippen molar-refractivity contribution in [3.05, 3.63) is 17.7 Å². The van der Waals surface area contributed by atoms with Crippen molar-refractivity contribution in [2.24, 2.45) is 0 Å². The number of hydrogen-bond acceptors (Lipinski definition) is 2.